The Balaban J connectivity index is 2.79. The van der Waals surface area contributed by atoms with Crippen molar-refractivity contribution in [3.05, 3.63) is 30.1 Å². The van der Waals surface area contributed by atoms with E-state index in [1.807, 2.05) is 0 Å². The highest BCUT2D eigenvalue weighted by Crippen LogP contribution is 1.95. The number of hydrogen-bond donors (Lipinski definition) is 0. The molecule has 5 heteroatoms. The molecule has 15 heavy (non-hydrogen) atoms. The van der Waals surface area contributed by atoms with Crippen molar-refractivity contribution in [2.75, 3.05) is 12.0 Å². The van der Waals surface area contributed by atoms with Crippen LogP contribution in [0.3, 0.4) is 0 Å². The molecule has 0 spiro atoms. The SMILES string of the molecule is CC(=O)c1ccc[n+](CCS(C)(=O)=O)c1. The Bertz CT molecular complexity index is 465. The van der Waals surface area contributed by atoms with Gasteiger partial charge < -0.3 is 0 Å². The van der Waals surface area contributed by atoms with Crippen molar-refractivity contribution < 1.29 is 17.8 Å². The molecule has 0 bridgehead atoms. The fourth-order valence-corrected chi connectivity index (χ4v) is 1.68. The number of pyridine rings is 1. The fraction of sp³-hybridized carbons (Fsp3) is 0.400. The first-order valence-electron chi connectivity index (χ1n) is 4.56. The van der Waals surface area contributed by atoms with Gasteiger partial charge in [-0.1, -0.05) is 0 Å². The number of sulfone groups is 1. The van der Waals surface area contributed by atoms with Gasteiger partial charge in [-0.15, -0.1) is 0 Å². The molecule has 0 saturated carbocycles. The molecule has 0 amide bonds. The molecule has 0 atom stereocenters. The smallest absolute Gasteiger partial charge is 0.179 e. The van der Waals surface area contributed by atoms with Crippen molar-refractivity contribution in [3.63, 3.8) is 0 Å². The van der Waals surface area contributed by atoms with Gasteiger partial charge in [0.2, 0.25) is 0 Å². The second kappa shape index (κ2) is 4.53. The largest absolute Gasteiger partial charge is 0.294 e. The number of rotatable bonds is 4. The van der Waals surface area contributed by atoms with Crippen molar-refractivity contribution in [1.29, 1.82) is 0 Å². The Morgan fingerprint density at radius 1 is 1.47 bits per heavy atom. The first kappa shape index (κ1) is 11.8. The number of aryl methyl sites for hydroxylation is 1. The van der Waals surface area contributed by atoms with Crippen molar-refractivity contribution in [2.24, 2.45) is 0 Å². The van der Waals surface area contributed by atoms with E-state index in [0.717, 1.165) is 0 Å². The van der Waals surface area contributed by atoms with Crippen LogP contribution in [-0.2, 0) is 16.4 Å². The lowest BCUT2D eigenvalue weighted by Gasteiger charge is -1.97. The minimum absolute atomic E-state index is 0.0243. The summed E-state index contributed by atoms with van der Waals surface area (Å²) in [6.07, 6.45) is 4.60. The van der Waals surface area contributed by atoms with Crippen molar-refractivity contribution in [3.8, 4) is 0 Å². The topological polar surface area (TPSA) is 55.1 Å². The van der Waals surface area contributed by atoms with E-state index in [2.05, 4.69) is 0 Å². The Hall–Kier alpha value is -1.23. The highest BCUT2D eigenvalue weighted by Gasteiger charge is 2.09. The third-order valence-electron chi connectivity index (χ3n) is 1.99. The minimum atomic E-state index is -2.96. The van der Waals surface area contributed by atoms with Gasteiger partial charge in [-0.05, 0) is 13.0 Å². The van der Waals surface area contributed by atoms with E-state index in [9.17, 15) is 13.2 Å². The molecule has 1 heterocycles. The van der Waals surface area contributed by atoms with Gasteiger partial charge in [-0.25, -0.2) is 13.0 Å². The van der Waals surface area contributed by atoms with Crippen LogP contribution in [0.15, 0.2) is 24.5 Å². The summed E-state index contributed by atoms with van der Waals surface area (Å²) in [4.78, 5) is 11.1. The van der Waals surface area contributed by atoms with Gasteiger partial charge in [0.05, 0.1) is 5.56 Å². The van der Waals surface area contributed by atoms with Crippen LogP contribution in [0.2, 0.25) is 0 Å². The van der Waals surface area contributed by atoms with Crippen LogP contribution < -0.4 is 4.57 Å². The lowest BCUT2D eigenvalue weighted by atomic mass is 10.2. The van der Waals surface area contributed by atoms with E-state index in [1.165, 1.54) is 13.2 Å². The van der Waals surface area contributed by atoms with Gasteiger partial charge >= 0.3 is 0 Å². The lowest BCUT2D eigenvalue weighted by molar-refractivity contribution is -0.692. The zero-order valence-corrected chi connectivity index (χ0v) is 9.62. The Morgan fingerprint density at radius 2 is 2.13 bits per heavy atom. The zero-order chi connectivity index (χ0) is 11.5. The third-order valence-corrected chi connectivity index (χ3v) is 2.91. The van der Waals surface area contributed by atoms with Gasteiger partial charge in [-0.2, -0.15) is 0 Å². The van der Waals surface area contributed by atoms with Crippen molar-refractivity contribution in [2.45, 2.75) is 13.5 Å². The first-order chi connectivity index (χ1) is 6.88. The molecule has 0 aliphatic rings. The van der Waals surface area contributed by atoms with Gasteiger partial charge in [0.25, 0.3) is 0 Å². The molecule has 0 saturated heterocycles. The molecule has 0 radical (unpaired) electrons. The monoisotopic (exact) mass is 228 g/mol. The van der Waals surface area contributed by atoms with E-state index < -0.39 is 9.84 Å². The quantitative estimate of drug-likeness (QED) is 0.547. The van der Waals surface area contributed by atoms with Gasteiger partial charge in [0.15, 0.2) is 34.6 Å². The number of Topliss-reactive ketones (excluding diaryl/α,β-unsaturated/α-hetero) is 1. The molecule has 0 fully saturated rings. The second-order valence-electron chi connectivity index (χ2n) is 3.52. The molecule has 4 nitrogen and oxygen atoms in total. The summed E-state index contributed by atoms with van der Waals surface area (Å²) in [6.45, 7) is 1.86. The van der Waals surface area contributed by atoms with Crippen molar-refractivity contribution >= 4 is 15.6 Å². The van der Waals surface area contributed by atoms with Crippen LogP contribution in [0, 0.1) is 0 Å². The average Bonchev–Trinajstić information content (AvgIpc) is 2.14. The molecule has 0 aliphatic heterocycles. The lowest BCUT2D eigenvalue weighted by Crippen LogP contribution is -2.37. The zero-order valence-electron chi connectivity index (χ0n) is 8.80. The van der Waals surface area contributed by atoms with Gasteiger partial charge in [0, 0.05) is 12.3 Å². The number of nitrogens with zero attached hydrogens (tertiary/aromatic N) is 1. The normalized spacial score (nSPS) is 11.3. The standard InChI is InChI=1S/C10H14NO3S/c1-9(12)10-4-3-5-11(8-10)6-7-15(2,13)14/h3-5,8H,6-7H2,1-2H3/q+1. The minimum Gasteiger partial charge on any atom is -0.294 e. The molecule has 1 rings (SSSR count). The first-order valence-corrected chi connectivity index (χ1v) is 6.62. The summed E-state index contributed by atoms with van der Waals surface area (Å²) < 4.78 is 23.6. The van der Waals surface area contributed by atoms with E-state index in [0.29, 0.717) is 12.1 Å². The van der Waals surface area contributed by atoms with Crippen molar-refractivity contribution in [1.82, 2.24) is 0 Å². The van der Waals surface area contributed by atoms with Crippen LogP contribution in [0.25, 0.3) is 0 Å². The summed E-state index contributed by atoms with van der Waals surface area (Å²) in [5, 5.41) is 0. The Kier molecular flexibility index (Phi) is 3.57. The third kappa shape index (κ3) is 4.20. The number of ketones is 1. The predicted molar refractivity (Wildman–Crippen MR) is 56.4 cm³/mol. The maximum Gasteiger partial charge on any atom is 0.179 e. The fourth-order valence-electron chi connectivity index (χ4n) is 1.14. The van der Waals surface area contributed by atoms with E-state index in [-0.39, 0.29) is 11.5 Å². The molecule has 0 aliphatic carbocycles. The maximum atomic E-state index is 11.1. The molecule has 0 N–H and O–H groups in total. The Morgan fingerprint density at radius 3 is 2.67 bits per heavy atom. The summed E-state index contributed by atoms with van der Waals surface area (Å²) in [5.74, 6) is 0.0580. The maximum absolute atomic E-state index is 11.1. The number of hydrogen-bond acceptors (Lipinski definition) is 3. The molecule has 82 valence electrons. The molecule has 0 aromatic carbocycles. The van der Waals surface area contributed by atoms with Crippen LogP contribution in [0.5, 0.6) is 0 Å². The Labute approximate surface area is 89.5 Å². The van der Waals surface area contributed by atoms with E-state index in [1.54, 1.807) is 29.1 Å². The molecule has 1 aromatic heterocycles. The summed E-state index contributed by atoms with van der Waals surface area (Å²) in [7, 11) is -2.96. The molecular weight excluding hydrogens is 214 g/mol. The van der Waals surface area contributed by atoms with E-state index >= 15 is 0 Å². The van der Waals surface area contributed by atoms with Crippen LogP contribution in [0.1, 0.15) is 17.3 Å². The van der Waals surface area contributed by atoms with Crippen LogP contribution in [-0.4, -0.2) is 26.2 Å². The summed E-state index contributed by atoms with van der Waals surface area (Å²) in [5.41, 5.74) is 0.589. The average molecular weight is 228 g/mol. The van der Waals surface area contributed by atoms with Crippen LogP contribution >= 0.6 is 0 Å². The number of carbonyl (C=O) groups is 1. The van der Waals surface area contributed by atoms with Gasteiger partial charge in [-0.3, -0.25) is 4.79 Å². The second-order valence-corrected chi connectivity index (χ2v) is 5.78. The van der Waals surface area contributed by atoms with Crippen LogP contribution in [0.4, 0.5) is 0 Å². The summed E-state index contributed by atoms with van der Waals surface area (Å²) in [6, 6.07) is 3.44. The molecular formula is C10H14NO3S+. The highest BCUT2D eigenvalue weighted by molar-refractivity contribution is 7.90. The van der Waals surface area contributed by atoms with Gasteiger partial charge in [0.1, 0.15) is 5.75 Å². The number of aromatic nitrogens is 1. The summed E-state index contributed by atoms with van der Waals surface area (Å²) >= 11 is 0. The molecule has 0 unspecified atom stereocenters. The van der Waals surface area contributed by atoms with E-state index in [4.69, 9.17) is 0 Å². The number of carbonyl (C=O) groups excluding carboxylic acids is 1. The highest BCUT2D eigenvalue weighted by atomic mass is 32.2. The predicted octanol–water partition coefficient (Wildman–Crippen LogP) is 0.221. The molecule has 1 aromatic rings.